The van der Waals surface area contributed by atoms with Gasteiger partial charge in [-0.25, -0.2) is 9.59 Å². The number of anilines is 2. The van der Waals surface area contributed by atoms with E-state index in [9.17, 15) is 9.59 Å². The molecule has 0 aromatic heterocycles. The molecule has 0 spiro atoms. The molecule has 0 saturated heterocycles. The van der Waals surface area contributed by atoms with Crippen LogP contribution in [0.4, 0.5) is 21.0 Å². The lowest BCUT2D eigenvalue weighted by molar-refractivity contribution is 0.230. The zero-order valence-electron chi connectivity index (χ0n) is 21.3. The molecule has 3 rings (SSSR count). The van der Waals surface area contributed by atoms with E-state index >= 15 is 0 Å². The molecular formula is C26H36N4O6. The standard InChI is InChI=1S/C26H36N4O6/c1-33-19-8-10-21(23(13-19)35-3)29-25(31)27-15-17-6-5-7-18(12-17)16-28-26(32)30-22-11-9-20(34-2)14-24(22)36-4/h8-11,13-14,17-18H,5-7,12,15-16H2,1-4H3,(H2,27,29,31)(H2,28,30,32)/t17-,18-/m1/s1. The molecule has 10 heteroatoms. The lowest BCUT2D eigenvalue weighted by atomic mass is 9.81. The van der Waals surface area contributed by atoms with Crippen LogP contribution in [-0.2, 0) is 0 Å². The molecule has 2 atom stereocenters. The van der Waals surface area contributed by atoms with Gasteiger partial charge in [0.1, 0.15) is 23.0 Å². The minimum absolute atomic E-state index is 0.286. The van der Waals surface area contributed by atoms with Gasteiger partial charge in [0.25, 0.3) is 0 Å². The summed E-state index contributed by atoms with van der Waals surface area (Å²) >= 11 is 0. The molecule has 0 aliphatic heterocycles. The number of carbonyl (C=O) groups excluding carboxylic acids is 2. The van der Waals surface area contributed by atoms with Gasteiger partial charge in [0.2, 0.25) is 0 Å². The van der Waals surface area contributed by atoms with Crippen molar-refractivity contribution < 1.29 is 28.5 Å². The van der Waals surface area contributed by atoms with Gasteiger partial charge in [-0.1, -0.05) is 6.42 Å². The normalized spacial score (nSPS) is 16.9. The maximum Gasteiger partial charge on any atom is 0.319 e. The predicted molar refractivity (Wildman–Crippen MR) is 139 cm³/mol. The number of benzene rings is 2. The fraction of sp³-hybridized carbons (Fsp3) is 0.462. The smallest absolute Gasteiger partial charge is 0.319 e. The maximum atomic E-state index is 12.4. The van der Waals surface area contributed by atoms with Crippen molar-refractivity contribution in [2.75, 3.05) is 52.2 Å². The van der Waals surface area contributed by atoms with Gasteiger partial charge in [-0.15, -0.1) is 0 Å². The fourth-order valence-electron chi connectivity index (χ4n) is 4.38. The number of urea groups is 2. The number of hydrogen-bond donors (Lipinski definition) is 4. The van der Waals surface area contributed by atoms with E-state index < -0.39 is 0 Å². The van der Waals surface area contributed by atoms with E-state index in [-0.39, 0.29) is 12.1 Å². The van der Waals surface area contributed by atoms with Gasteiger partial charge in [-0.2, -0.15) is 0 Å². The van der Waals surface area contributed by atoms with E-state index in [1.165, 1.54) is 0 Å². The Balaban J connectivity index is 1.43. The third kappa shape index (κ3) is 7.59. The summed E-state index contributed by atoms with van der Waals surface area (Å²) in [6.45, 7) is 1.13. The van der Waals surface area contributed by atoms with Gasteiger partial charge in [-0.3, -0.25) is 0 Å². The van der Waals surface area contributed by atoms with Crippen LogP contribution in [0.25, 0.3) is 0 Å². The Morgan fingerprint density at radius 2 is 1.17 bits per heavy atom. The third-order valence-corrected chi connectivity index (χ3v) is 6.31. The van der Waals surface area contributed by atoms with Gasteiger partial charge in [0.15, 0.2) is 0 Å². The second kappa shape index (κ2) is 13.3. The number of methoxy groups -OCH3 is 4. The number of ether oxygens (including phenoxy) is 4. The molecule has 1 aliphatic rings. The Morgan fingerprint density at radius 1 is 0.722 bits per heavy atom. The summed E-state index contributed by atoms with van der Waals surface area (Å²) in [6.07, 6.45) is 4.06. The van der Waals surface area contributed by atoms with Gasteiger partial charge in [0.05, 0.1) is 39.8 Å². The molecule has 2 aromatic carbocycles. The van der Waals surface area contributed by atoms with Crippen LogP contribution in [-0.4, -0.2) is 53.6 Å². The molecule has 1 saturated carbocycles. The average Bonchev–Trinajstić information content (AvgIpc) is 2.91. The van der Waals surface area contributed by atoms with Crippen molar-refractivity contribution in [3.63, 3.8) is 0 Å². The van der Waals surface area contributed by atoms with Crippen molar-refractivity contribution in [2.45, 2.75) is 25.7 Å². The van der Waals surface area contributed by atoms with Crippen molar-refractivity contribution in [2.24, 2.45) is 11.8 Å². The Kier molecular flexibility index (Phi) is 9.91. The zero-order valence-corrected chi connectivity index (χ0v) is 21.3. The molecule has 196 valence electrons. The largest absolute Gasteiger partial charge is 0.497 e. The van der Waals surface area contributed by atoms with E-state index in [1.807, 2.05) is 0 Å². The Hall–Kier alpha value is -3.82. The first kappa shape index (κ1) is 26.8. The molecule has 4 N–H and O–H groups in total. The van der Waals surface area contributed by atoms with E-state index in [2.05, 4.69) is 21.3 Å². The molecule has 10 nitrogen and oxygen atoms in total. The van der Waals surface area contributed by atoms with E-state index in [0.717, 1.165) is 25.7 Å². The number of rotatable bonds is 10. The highest BCUT2D eigenvalue weighted by molar-refractivity contribution is 5.91. The topological polar surface area (TPSA) is 119 Å². The number of amides is 4. The molecule has 0 bridgehead atoms. The summed E-state index contributed by atoms with van der Waals surface area (Å²) in [7, 11) is 6.24. The second-order valence-electron chi connectivity index (χ2n) is 8.70. The van der Waals surface area contributed by atoms with Gasteiger partial charge in [0, 0.05) is 25.2 Å². The third-order valence-electron chi connectivity index (χ3n) is 6.31. The highest BCUT2D eigenvalue weighted by Gasteiger charge is 2.23. The highest BCUT2D eigenvalue weighted by Crippen LogP contribution is 2.31. The van der Waals surface area contributed by atoms with Crippen molar-refractivity contribution in [1.29, 1.82) is 0 Å². The van der Waals surface area contributed by atoms with Crippen molar-refractivity contribution in [3.05, 3.63) is 36.4 Å². The number of hydrogen-bond acceptors (Lipinski definition) is 6. The molecule has 0 radical (unpaired) electrons. The molecule has 1 aliphatic carbocycles. The summed E-state index contributed by atoms with van der Waals surface area (Å²) < 4.78 is 21.0. The molecule has 1 fully saturated rings. The molecule has 36 heavy (non-hydrogen) atoms. The maximum absolute atomic E-state index is 12.4. The van der Waals surface area contributed by atoms with Crippen LogP contribution < -0.4 is 40.2 Å². The highest BCUT2D eigenvalue weighted by atomic mass is 16.5. The lowest BCUT2D eigenvalue weighted by Gasteiger charge is -2.29. The molecule has 0 heterocycles. The first-order valence-electron chi connectivity index (χ1n) is 12.0. The molecular weight excluding hydrogens is 464 g/mol. The Morgan fingerprint density at radius 3 is 1.56 bits per heavy atom. The molecule has 4 amide bonds. The molecule has 2 aromatic rings. The summed E-state index contributed by atoms with van der Waals surface area (Å²) in [5, 5.41) is 11.6. The van der Waals surface area contributed by atoms with Crippen LogP contribution >= 0.6 is 0 Å². The SMILES string of the molecule is COc1ccc(NC(=O)NC[C@@H]2CCC[C@@H](CNC(=O)Nc3ccc(OC)cc3OC)C2)c(OC)c1. The monoisotopic (exact) mass is 500 g/mol. The Labute approximate surface area is 212 Å². The van der Waals surface area contributed by atoms with Crippen molar-refractivity contribution in [3.8, 4) is 23.0 Å². The van der Waals surface area contributed by atoms with Crippen LogP contribution in [0.5, 0.6) is 23.0 Å². The zero-order chi connectivity index (χ0) is 25.9. The summed E-state index contributed by atoms with van der Waals surface area (Å²) in [4.78, 5) is 24.9. The minimum atomic E-state index is -0.286. The average molecular weight is 501 g/mol. The van der Waals surface area contributed by atoms with Crippen LogP contribution in [0.1, 0.15) is 25.7 Å². The number of nitrogens with one attached hydrogen (secondary N) is 4. The van der Waals surface area contributed by atoms with E-state index in [4.69, 9.17) is 18.9 Å². The quantitative estimate of drug-likeness (QED) is 0.382. The van der Waals surface area contributed by atoms with Crippen LogP contribution in [0.15, 0.2) is 36.4 Å². The van der Waals surface area contributed by atoms with Gasteiger partial charge >= 0.3 is 12.1 Å². The Bertz CT molecular complexity index is 952. The summed E-state index contributed by atoms with van der Waals surface area (Å²) in [6, 6.07) is 9.87. The minimum Gasteiger partial charge on any atom is -0.497 e. The number of carbonyl (C=O) groups is 2. The van der Waals surface area contributed by atoms with Gasteiger partial charge in [-0.05, 0) is 55.4 Å². The van der Waals surface area contributed by atoms with Crippen molar-refractivity contribution in [1.82, 2.24) is 10.6 Å². The fourth-order valence-corrected chi connectivity index (χ4v) is 4.38. The summed E-state index contributed by atoms with van der Waals surface area (Å²) in [5.74, 6) is 3.04. The molecule has 0 unspecified atom stereocenters. The van der Waals surface area contributed by atoms with Crippen LogP contribution in [0.2, 0.25) is 0 Å². The van der Waals surface area contributed by atoms with Crippen LogP contribution in [0.3, 0.4) is 0 Å². The predicted octanol–water partition coefficient (Wildman–Crippen LogP) is 4.47. The van der Waals surface area contributed by atoms with Crippen molar-refractivity contribution >= 4 is 23.4 Å². The van der Waals surface area contributed by atoms with Gasteiger partial charge < -0.3 is 40.2 Å². The van der Waals surface area contributed by atoms with Crippen LogP contribution in [0, 0.1) is 11.8 Å². The van der Waals surface area contributed by atoms with E-state index in [1.54, 1.807) is 64.8 Å². The first-order chi connectivity index (χ1) is 17.4. The van der Waals surface area contributed by atoms with E-state index in [0.29, 0.717) is 59.3 Å². The second-order valence-corrected chi connectivity index (χ2v) is 8.70. The lowest BCUT2D eigenvalue weighted by Crippen LogP contribution is -2.38. The first-order valence-corrected chi connectivity index (χ1v) is 12.0. The summed E-state index contributed by atoms with van der Waals surface area (Å²) in [5.41, 5.74) is 1.14.